The fourth-order valence-electron chi connectivity index (χ4n) is 2.09. The van der Waals surface area contributed by atoms with Crippen LogP contribution in [-0.2, 0) is 6.42 Å². The highest BCUT2D eigenvalue weighted by molar-refractivity contribution is 8.93. The highest BCUT2D eigenvalue weighted by atomic mass is 79.9. The van der Waals surface area contributed by atoms with E-state index >= 15 is 0 Å². The van der Waals surface area contributed by atoms with Crippen LogP contribution in [0, 0.1) is 0 Å². The van der Waals surface area contributed by atoms with E-state index in [4.69, 9.17) is 4.52 Å². The second-order valence-corrected chi connectivity index (χ2v) is 3.75. The van der Waals surface area contributed by atoms with E-state index in [0.29, 0.717) is 5.92 Å². The first kappa shape index (κ1) is 12.5. The molecular formula is C10H17BrN2O2. The Morgan fingerprint density at radius 2 is 2.07 bits per heavy atom. The molecule has 4 nitrogen and oxygen atoms in total. The van der Waals surface area contributed by atoms with E-state index in [9.17, 15) is 4.79 Å². The van der Waals surface area contributed by atoms with Crippen LogP contribution in [-0.4, -0.2) is 18.2 Å². The monoisotopic (exact) mass is 276 g/mol. The maximum Gasteiger partial charge on any atom is 0.283 e. The lowest BCUT2D eigenvalue weighted by molar-refractivity contribution is 0.323. The van der Waals surface area contributed by atoms with E-state index in [-0.39, 0.29) is 22.5 Å². The van der Waals surface area contributed by atoms with Gasteiger partial charge in [0.1, 0.15) is 5.76 Å². The van der Waals surface area contributed by atoms with Crippen molar-refractivity contribution in [1.29, 1.82) is 0 Å². The van der Waals surface area contributed by atoms with Crippen LogP contribution in [0.1, 0.15) is 37.0 Å². The standard InChI is InChI=1S/C10H16N2O2.BrH/c1-2-8-9(14-12-10(8)13)7-3-5-11-6-4-7;/h7,11H,2-6H2,1H3,(H,12,13);1H. The van der Waals surface area contributed by atoms with Gasteiger partial charge < -0.3 is 9.84 Å². The normalized spacial score (nSPS) is 17.4. The third kappa shape index (κ3) is 2.52. The lowest BCUT2D eigenvalue weighted by Crippen LogP contribution is -2.27. The van der Waals surface area contributed by atoms with Crippen molar-refractivity contribution in [3.63, 3.8) is 0 Å². The quantitative estimate of drug-likeness (QED) is 0.862. The first-order valence-corrected chi connectivity index (χ1v) is 5.24. The maximum atomic E-state index is 11.3. The smallest absolute Gasteiger partial charge is 0.283 e. The fourth-order valence-corrected chi connectivity index (χ4v) is 2.09. The summed E-state index contributed by atoms with van der Waals surface area (Å²) >= 11 is 0. The zero-order chi connectivity index (χ0) is 9.97. The molecule has 2 rings (SSSR count). The molecule has 1 aliphatic heterocycles. The van der Waals surface area contributed by atoms with Gasteiger partial charge in [-0.05, 0) is 32.4 Å². The summed E-state index contributed by atoms with van der Waals surface area (Å²) in [5, 5.41) is 5.73. The van der Waals surface area contributed by atoms with Crippen molar-refractivity contribution in [2.75, 3.05) is 13.1 Å². The molecule has 0 unspecified atom stereocenters. The number of hydrogen-bond acceptors (Lipinski definition) is 3. The van der Waals surface area contributed by atoms with Gasteiger partial charge in [-0.25, -0.2) is 0 Å². The van der Waals surface area contributed by atoms with Crippen LogP contribution >= 0.6 is 17.0 Å². The molecule has 0 spiro atoms. The molecular weight excluding hydrogens is 260 g/mol. The van der Waals surface area contributed by atoms with Crippen LogP contribution < -0.4 is 10.9 Å². The second-order valence-electron chi connectivity index (χ2n) is 3.75. The molecule has 86 valence electrons. The van der Waals surface area contributed by atoms with Gasteiger partial charge in [-0.1, -0.05) is 6.92 Å². The van der Waals surface area contributed by atoms with Crippen LogP contribution in [0.3, 0.4) is 0 Å². The van der Waals surface area contributed by atoms with Gasteiger partial charge in [0.05, 0.1) is 5.56 Å². The number of piperidine rings is 1. The van der Waals surface area contributed by atoms with E-state index in [1.165, 1.54) is 0 Å². The number of aromatic nitrogens is 1. The van der Waals surface area contributed by atoms with Crippen molar-refractivity contribution < 1.29 is 4.52 Å². The predicted octanol–water partition coefficient (Wildman–Crippen LogP) is 1.58. The average Bonchev–Trinajstić information content (AvgIpc) is 2.61. The summed E-state index contributed by atoms with van der Waals surface area (Å²) in [4.78, 5) is 11.3. The molecule has 1 aliphatic rings. The van der Waals surface area contributed by atoms with Crippen LogP contribution in [0.25, 0.3) is 0 Å². The first-order valence-electron chi connectivity index (χ1n) is 5.24. The lowest BCUT2D eigenvalue weighted by Gasteiger charge is -2.20. The zero-order valence-electron chi connectivity index (χ0n) is 8.84. The van der Waals surface area contributed by atoms with Gasteiger partial charge in [-0.2, -0.15) is 5.16 Å². The van der Waals surface area contributed by atoms with Gasteiger partial charge in [0.25, 0.3) is 5.56 Å². The molecule has 0 saturated carbocycles. The average molecular weight is 277 g/mol. The van der Waals surface area contributed by atoms with Crippen molar-refractivity contribution in [2.24, 2.45) is 0 Å². The van der Waals surface area contributed by atoms with E-state index in [1.807, 2.05) is 6.92 Å². The minimum Gasteiger partial charge on any atom is -0.383 e. The number of aromatic amines is 1. The molecule has 0 atom stereocenters. The molecule has 0 radical (unpaired) electrons. The second kappa shape index (κ2) is 5.51. The first-order chi connectivity index (χ1) is 6.83. The molecule has 1 fully saturated rings. The fraction of sp³-hybridized carbons (Fsp3) is 0.700. The highest BCUT2D eigenvalue weighted by Gasteiger charge is 2.22. The van der Waals surface area contributed by atoms with Crippen molar-refractivity contribution in [3.05, 3.63) is 21.7 Å². The molecule has 0 aromatic carbocycles. The minimum absolute atomic E-state index is 0. The third-order valence-corrected chi connectivity index (χ3v) is 2.89. The topological polar surface area (TPSA) is 58.0 Å². The summed E-state index contributed by atoms with van der Waals surface area (Å²) < 4.78 is 5.26. The molecule has 2 N–H and O–H groups in total. The lowest BCUT2D eigenvalue weighted by atomic mass is 9.92. The molecule has 0 bridgehead atoms. The Kier molecular flexibility index (Phi) is 4.60. The Hall–Kier alpha value is -0.550. The van der Waals surface area contributed by atoms with Gasteiger partial charge in [-0.15, -0.1) is 17.0 Å². The molecule has 15 heavy (non-hydrogen) atoms. The number of nitrogens with one attached hydrogen (secondary N) is 2. The van der Waals surface area contributed by atoms with Crippen molar-refractivity contribution >= 4 is 17.0 Å². The molecule has 0 aliphatic carbocycles. The zero-order valence-corrected chi connectivity index (χ0v) is 10.6. The van der Waals surface area contributed by atoms with E-state index in [2.05, 4.69) is 10.5 Å². The maximum absolute atomic E-state index is 11.3. The predicted molar refractivity (Wildman–Crippen MR) is 63.9 cm³/mol. The minimum atomic E-state index is -0.0546. The van der Waals surface area contributed by atoms with Gasteiger partial charge in [0.15, 0.2) is 0 Å². The van der Waals surface area contributed by atoms with Gasteiger partial charge in [0, 0.05) is 5.92 Å². The van der Waals surface area contributed by atoms with Gasteiger partial charge in [-0.3, -0.25) is 4.79 Å². The van der Waals surface area contributed by atoms with Crippen LogP contribution in [0.4, 0.5) is 0 Å². The molecule has 1 saturated heterocycles. The Bertz CT molecular complexity index is 353. The van der Waals surface area contributed by atoms with Crippen molar-refractivity contribution in [3.8, 4) is 0 Å². The summed E-state index contributed by atoms with van der Waals surface area (Å²) in [6.45, 7) is 4.02. The Morgan fingerprint density at radius 3 is 2.67 bits per heavy atom. The molecule has 2 heterocycles. The SMILES string of the molecule is Br.CCc1c(C2CCNCC2)o[nH]c1=O. The van der Waals surface area contributed by atoms with Crippen LogP contribution in [0.15, 0.2) is 9.32 Å². The Morgan fingerprint density at radius 1 is 1.40 bits per heavy atom. The van der Waals surface area contributed by atoms with E-state index in [0.717, 1.165) is 43.7 Å². The summed E-state index contributed by atoms with van der Waals surface area (Å²) in [5.41, 5.74) is 0.776. The number of rotatable bonds is 2. The third-order valence-electron chi connectivity index (χ3n) is 2.89. The molecule has 5 heteroatoms. The summed E-state index contributed by atoms with van der Waals surface area (Å²) in [6.07, 6.45) is 2.88. The van der Waals surface area contributed by atoms with Gasteiger partial charge >= 0.3 is 0 Å². The molecule has 1 aromatic heterocycles. The largest absolute Gasteiger partial charge is 0.383 e. The van der Waals surface area contributed by atoms with Crippen molar-refractivity contribution in [2.45, 2.75) is 32.1 Å². The Balaban J connectivity index is 0.00000112. The summed E-state index contributed by atoms with van der Waals surface area (Å²) in [6, 6.07) is 0. The summed E-state index contributed by atoms with van der Waals surface area (Å²) in [5.74, 6) is 1.31. The van der Waals surface area contributed by atoms with Crippen molar-refractivity contribution in [1.82, 2.24) is 10.5 Å². The van der Waals surface area contributed by atoms with Crippen LogP contribution in [0.2, 0.25) is 0 Å². The van der Waals surface area contributed by atoms with E-state index < -0.39 is 0 Å². The number of H-pyrrole nitrogens is 1. The highest BCUT2D eigenvalue weighted by Crippen LogP contribution is 2.26. The number of halogens is 1. The van der Waals surface area contributed by atoms with Gasteiger partial charge in [0.2, 0.25) is 0 Å². The van der Waals surface area contributed by atoms with E-state index in [1.54, 1.807) is 0 Å². The Labute approximate surface area is 99.2 Å². The van der Waals surface area contributed by atoms with Crippen LogP contribution in [0.5, 0.6) is 0 Å². The summed E-state index contributed by atoms with van der Waals surface area (Å²) in [7, 11) is 0. The molecule has 0 amide bonds. The number of hydrogen-bond donors (Lipinski definition) is 2. The molecule has 1 aromatic rings.